The first-order chi connectivity index (χ1) is 30.9. The summed E-state index contributed by atoms with van der Waals surface area (Å²) in [5, 5.41) is 34.3. The molecule has 0 spiro atoms. The molecule has 0 fully saturated rings. The molecule has 64 heavy (non-hydrogen) atoms. The molecule has 0 saturated carbocycles. The second-order valence-electron chi connectivity index (χ2n) is 15.8. The van der Waals surface area contributed by atoms with Crippen LogP contribution in [-0.4, -0.2) is 96.6 Å². The molecule has 13 heteroatoms. The van der Waals surface area contributed by atoms with Gasteiger partial charge < -0.3 is 58.9 Å². The number of hydrogen-bond donors (Lipinski definition) is 0. The molecule has 360 valence electrons. The molecule has 0 bridgehead atoms. The second kappa shape index (κ2) is 40.9. The summed E-state index contributed by atoms with van der Waals surface area (Å²) in [5.74, 6) is 0. The average molecular weight is 913 g/mol. The molecule has 0 aliphatic carbocycles. The van der Waals surface area contributed by atoms with E-state index in [-0.39, 0.29) is 57.0 Å². The first-order valence-corrected chi connectivity index (χ1v) is 23.4. The SMILES string of the molecule is CCCCOCC(COCCCC)(O[O-])c1ccccc1.CCCCOCC(COCCCC)(O[O-])c1ccccc1.CCCCOCC(COCCCC)(O[O-])c1ccccc1.[Al+3]. The van der Waals surface area contributed by atoms with Crippen LogP contribution in [0.25, 0.3) is 0 Å². The quantitative estimate of drug-likeness (QED) is 0.0240. The van der Waals surface area contributed by atoms with E-state index in [2.05, 4.69) is 56.2 Å². The van der Waals surface area contributed by atoms with E-state index in [1.54, 1.807) is 0 Å². The van der Waals surface area contributed by atoms with Crippen LogP contribution in [0.15, 0.2) is 91.0 Å². The first-order valence-electron chi connectivity index (χ1n) is 23.4. The Morgan fingerprint density at radius 1 is 0.312 bits per heavy atom. The molecule has 0 saturated heterocycles. The van der Waals surface area contributed by atoms with Gasteiger partial charge in [-0.05, 0) is 55.2 Å². The Labute approximate surface area is 397 Å². The van der Waals surface area contributed by atoms with E-state index in [0.29, 0.717) is 39.6 Å². The van der Waals surface area contributed by atoms with Crippen molar-refractivity contribution in [3.05, 3.63) is 108 Å². The van der Waals surface area contributed by atoms with E-state index < -0.39 is 16.8 Å². The molecule has 0 N–H and O–H groups in total. The summed E-state index contributed by atoms with van der Waals surface area (Å²) >= 11 is 0. The summed E-state index contributed by atoms with van der Waals surface area (Å²) < 4.78 is 33.8. The van der Waals surface area contributed by atoms with E-state index in [0.717, 1.165) is 93.7 Å². The van der Waals surface area contributed by atoms with E-state index in [1.165, 1.54) is 0 Å². The van der Waals surface area contributed by atoms with E-state index >= 15 is 0 Å². The maximum absolute atomic E-state index is 11.4. The molecule has 3 rings (SSSR count). The Hall–Kier alpha value is -2.29. The molecular formula is C51H81AlO12. The summed E-state index contributed by atoms with van der Waals surface area (Å²) in [6.45, 7) is 17.7. The molecule has 0 aromatic heterocycles. The van der Waals surface area contributed by atoms with Crippen LogP contribution in [0.2, 0.25) is 0 Å². The number of rotatable bonds is 36. The van der Waals surface area contributed by atoms with Gasteiger partial charge in [-0.25, -0.2) is 0 Å². The van der Waals surface area contributed by atoms with Crippen molar-refractivity contribution in [2.24, 2.45) is 0 Å². The zero-order valence-corrected chi connectivity index (χ0v) is 41.3. The van der Waals surface area contributed by atoms with Crippen LogP contribution >= 0.6 is 0 Å². The fourth-order valence-corrected chi connectivity index (χ4v) is 6.04. The fraction of sp³-hybridized carbons (Fsp3) is 0.647. The van der Waals surface area contributed by atoms with Gasteiger partial charge in [-0.15, -0.1) is 0 Å². The predicted octanol–water partition coefficient (Wildman–Crippen LogP) is 8.04. The van der Waals surface area contributed by atoms with E-state index in [1.807, 2.05) is 91.0 Å². The standard InChI is InChI=1S/3C17H28O4.Al/c3*1-3-5-12-19-14-17(21-18,15-20-13-6-4-2)16-10-8-7-9-11-16;/h3*7-11,18H,3-6,12-15H2,1-2H3;/q;;;+3/p-3. The van der Waals surface area contributed by atoms with Crippen molar-refractivity contribution in [1.82, 2.24) is 0 Å². The van der Waals surface area contributed by atoms with Crippen LogP contribution in [0.4, 0.5) is 0 Å². The number of unbranched alkanes of at least 4 members (excludes halogenated alkanes) is 6. The normalized spacial score (nSPS) is 11.6. The maximum atomic E-state index is 11.4. The van der Waals surface area contributed by atoms with Crippen LogP contribution in [0, 0.1) is 0 Å². The Balaban J connectivity index is 0.000000923. The predicted molar refractivity (Wildman–Crippen MR) is 248 cm³/mol. The minimum Gasteiger partial charge on any atom is -0.722 e. The van der Waals surface area contributed by atoms with Gasteiger partial charge in [0.05, 0.1) is 39.6 Å². The van der Waals surface area contributed by atoms with Gasteiger partial charge in [0.25, 0.3) is 0 Å². The minimum absolute atomic E-state index is 0. The van der Waals surface area contributed by atoms with Crippen LogP contribution < -0.4 is 15.8 Å². The van der Waals surface area contributed by atoms with Gasteiger partial charge in [0.15, 0.2) is 0 Å². The van der Waals surface area contributed by atoms with Crippen LogP contribution in [0.3, 0.4) is 0 Å². The third kappa shape index (κ3) is 25.0. The van der Waals surface area contributed by atoms with Crippen molar-refractivity contribution in [3.63, 3.8) is 0 Å². The molecule has 3 aromatic rings. The van der Waals surface area contributed by atoms with Crippen molar-refractivity contribution in [2.75, 3.05) is 79.3 Å². The Bertz CT molecular complexity index is 1200. The molecule has 0 aliphatic heterocycles. The number of ether oxygens (including phenoxy) is 6. The largest absolute Gasteiger partial charge is 3.00 e. The number of benzene rings is 3. The van der Waals surface area contributed by atoms with Gasteiger partial charge in [0, 0.05) is 39.6 Å². The Kier molecular flexibility index (Phi) is 39.5. The fourth-order valence-electron chi connectivity index (χ4n) is 6.04. The summed E-state index contributed by atoms with van der Waals surface area (Å²) in [5.41, 5.74) is -0.803. The Morgan fingerprint density at radius 2 is 0.484 bits per heavy atom. The molecular weight excluding hydrogens is 832 g/mol. The average Bonchev–Trinajstić information content (AvgIpc) is 3.34. The molecule has 0 unspecified atom stereocenters. The Morgan fingerprint density at radius 3 is 0.625 bits per heavy atom. The zero-order chi connectivity index (χ0) is 46.2. The first kappa shape index (κ1) is 61.7. The van der Waals surface area contributed by atoms with Crippen LogP contribution in [0.1, 0.15) is 135 Å². The third-order valence-corrected chi connectivity index (χ3v) is 10.2. The van der Waals surface area contributed by atoms with Crippen LogP contribution in [0.5, 0.6) is 0 Å². The monoisotopic (exact) mass is 913 g/mol. The van der Waals surface area contributed by atoms with E-state index in [9.17, 15) is 15.8 Å². The van der Waals surface area contributed by atoms with Gasteiger partial charge in [-0.1, -0.05) is 171 Å². The molecule has 12 nitrogen and oxygen atoms in total. The summed E-state index contributed by atoms with van der Waals surface area (Å²) in [6.07, 6.45) is 12.2. The molecule has 0 radical (unpaired) electrons. The van der Waals surface area contributed by atoms with Crippen molar-refractivity contribution in [2.45, 2.75) is 135 Å². The molecule has 0 heterocycles. The minimum atomic E-state index is -1.07. The second-order valence-corrected chi connectivity index (χ2v) is 15.8. The van der Waals surface area contributed by atoms with Crippen molar-refractivity contribution < 1.29 is 58.9 Å². The summed E-state index contributed by atoms with van der Waals surface area (Å²) in [4.78, 5) is 13.8. The third-order valence-electron chi connectivity index (χ3n) is 10.2. The smallest absolute Gasteiger partial charge is 0.722 e. The molecule has 0 amide bonds. The van der Waals surface area contributed by atoms with Gasteiger partial charge in [0.1, 0.15) is 16.8 Å². The van der Waals surface area contributed by atoms with Gasteiger partial charge in [-0.2, -0.15) is 0 Å². The molecule has 3 aromatic carbocycles. The van der Waals surface area contributed by atoms with Gasteiger partial charge >= 0.3 is 17.4 Å². The van der Waals surface area contributed by atoms with Gasteiger partial charge in [0.2, 0.25) is 0 Å². The van der Waals surface area contributed by atoms with E-state index in [4.69, 9.17) is 28.4 Å². The van der Waals surface area contributed by atoms with Crippen molar-refractivity contribution in [3.8, 4) is 0 Å². The van der Waals surface area contributed by atoms with Crippen molar-refractivity contribution in [1.29, 1.82) is 0 Å². The molecule has 0 atom stereocenters. The van der Waals surface area contributed by atoms with Gasteiger partial charge in [-0.3, -0.25) is 0 Å². The van der Waals surface area contributed by atoms with Crippen LogP contribution in [-0.2, 0) is 59.9 Å². The zero-order valence-electron chi connectivity index (χ0n) is 40.1. The topological polar surface area (TPSA) is 152 Å². The molecule has 0 aliphatic rings. The number of hydrogen-bond acceptors (Lipinski definition) is 12. The maximum Gasteiger partial charge on any atom is 3.00 e. The summed E-state index contributed by atoms with van der Waals surface area (Å²) in [6, 6.07) is 28.4. The van der Waals surface area contributed by atoms with Crippen molar-refractivity contribution >= 4 is 17.4 Å². The summed E-state index contributed by atoms with van der Waals surface area (Å²) in [7, 11) is 0.